The highest BCUT2D eigenvalue weighted by molar-refractivity contribution is 6.24. The van der Waals surface area contributed by atoms with Crippen LogP contribution in [-0.2, 0) is 14.4 Å². The summed E-state index contributed by atoms with van der Waals surface area (Å²) in [4.78, 5) is 46.5. The Morgan fingerprint density at radius 1 is 0.917 bits per heavy atom. The third-order valence-electron chi connectivity index (χ3n) is 6.32. The lowest BCUT2D eigenvalue weighted by Gasteiger charge is -2.30. The number of halogens is 1. The topological polar surface area (TPSA) is 106 Å². The first-order valence-electron chi connectivity index (χ1n) is 11.0. The largest absolute Gasteiger partial charge is 0.493 e. The summed E-state index contributed by atoms with van der Waals surface area (Å²) in [6.45, 7) is 0. The predicted octanol–water partition coefficient (Wildman–Crippen LogP) is 3.59. The van der Waals surface area contributed by atoms with Crippen molar-refractivity contribution in [3.8, 4) is 11.5 Å². The molecule has 2 aliphatic heterocycles. The van der Waals surface area contributed by atoms with Crippen molar-refractivity contribution in [2.24, 2.45) is 5.92 Å². The number of ether oxygens (including phenoxy) is 2. The molecule has 0 aromatic heterocycles. The number of carboxylic acid groups (broad SMARTS) is 1. The Balaban J connectivity index is 1.68. The number of para-hydroxylation sites is 1. The number of rotatable bonds is 6. The number of carbonyl (C=O) groups is 3. The van der Waals surface area contributed by atoms with Crippen molar-refractivity contribution in [2.45, 2.75) is 12.1 Å². The molecular formula is C26H21FN2O7. The first-order valence-corrected chi connectivity index (χ1v) is 11.0. The Labute approximate surface area is 205 Å². The monoisotopic (exact) mass is 492 g/mol. The predicted molar refractivity (Wildman–Crippen MR) is 125 cm³/mol. The Morgan fingerprint density at radius 2 is 1.61 bits per heavy atom. The van der Waals surface area contributed by atoms with Crippen molar-refractivity contribution >= 4 is 29.2 Å². The molecule has 0 radical (unpaired) electrons. The lowest BCUT2D eigenvalue weighted by atomic mass is 9.87. The van der Waals surface area contributed by atoms with Crippen molar-refractivity contribution in [1.82, 2.24) is 0 Å². The van der Waals surface area contributed by atoms with E-state index in [2.05, 4.69) is 0 Å². The summed E-state index contributed by atoms with van der Waals surface area (Å²) in [6.07, 6.45) is -1.22. The summed E-state index contributed by atoms with van der Waals surface area (Å²) in [5.41, 5.74) is 0.711. The van der Waals surface area contributed by atoms with Gasteiger partial charge in [-0.15, -0.1) is 0 Å². The minimum Gasteiger partial charge on any atom is -0.493 e. The first kappa shape index (κ1) is 23.3. The summed E-state index contributed by atoms with van der Waals surface area (Å²) in [5, 5.41) is 11.5. The van der Waals surface area contributed by atoms with E-state index in [9.17, 15) is 23.9 Å². The zero-order chi connectivity index (χ0) is 25.6. The number of carboxylic acids is 1. The molecule has 184 valence electrons. The normalized spacial score (nSPS) is 21.0. The van der Waals surface area contributed by atoms with Gasteiger partial charge in [-0.3, -0.25) is 14.4 Å². The Morgan fingerprint density at radius 3 is 2.22 bits per heavy atom. The number of hydrogen-bond donors (Lipinski definition) is 1. The van der Waals surface area contributed by atoms with E-state index in [1.165, 1.54) is 43.5 Å². The molecule has 3 aromatic carbocycles. The van der Waals surface area contributed by atoms with Crippen molar-refractivity contribution in [3.63, 3.8) is 0 Å². The van der Waals surface area contributed by atoms with Crippen LogP contribution in [0, 0.1) is 11.7 Å². The second-order valence-electron chi connectivity index (χ2n) is 8.22. The van der Waals surface area contributed by atoms with Crippen molar-refractivity contribution in [1.29, 1.82) is 0 Å². The molecule has 3 aromatic rings. The van der Waals surface area contributed by atoms with Crippen LogP contribution in [0.3, 0.4) is 0 Å². The molecule has 2 amide bonds. The molecule has 0 aliphatic carbocycles. The van der Waals surface area contributed by atoms with Crippen LogP contribution in [0.2, 0.25) is 0 Å². The average molecular weight is 492 g/mol. The van der Waals surface area contributed by atoms with Gasteiger partial charge in [-0.2, -0.15) is 0 Å². The SMILES string of the molecule is COc1ccc([C@@H]2[C@@H]3C(=O)N(c4ccc(F)cc4)C(=O)[C@@H]3ON2c2ccccc2)c(C(=O)O)c1OC. The quantitative estimate of drug-likeness (QED) is 0.521. The number of fused-ring (bicyclic) bond motifs is 1. The molecule has 2 heterocycles. The number of methoxy groups -OCH3 is 2. The molecule has 5 rings (SSSR count). The fourth-order valence-electron chi connectivity index (χ4n) is 4.78. The van der Waals surface area contributed by atoms with E-state index in [4.69, 9.17) is 14.3 Å². The van der Waals surface area contributed by atoms with E-state index >= 15 is 0 Å². The molecule has 3 atom stereocenters. The second-order valence-corrected chi connectivity index (χ2v) is 8.22. The second kappa shape index (κ2) is 8.97. The fraction of sp³-hybridized carbons (Fsp3) is 0.192. The zero-order valence-corrected chi connectivity index (χ0v) is 19.3. The van der Waals surface area contributed by atoms with Crippen LogP contribution in [-0.4, -0.2) is 43.2 Å². The highest BCUT2D eigenvalue weighted by atomic mass is 19.1. The Hall–Kier alpha value is -4.44. The van der Waals surface area contributed by atoms with Gasteiger partial charge in [0.1, 0.15) is 17.3 Å². The van der Waals surface area contributed by atoms with Crippen LogP contribution < -0.4 is 19.4 Å². The van der Waals surface area contributed by atoms with E-state index < -0.39 is 41.7 Å². The zero-order valence-electron chi connectivity index (χ0n) is 19.3. The van der Waals surface area contributed by atoms with Crippen LogP contribution in [0.15, 0.2) is 66.7 Å². The maximum atomic E-state index is 13.7. The molecule has 0 saturated carbocycles. The first-order chi connectivity index (χ1) is 17.4. The van der Waals surface area contributed by atoms with Gasteiger partial charge in [0.25, 0.3) is 5.91 Å². The van der Waals surface area contributed by atoms with Crippen LogP contribution in [0.5, 0.6) is 11.5 Å². The van der Waals surface area contributed by atoms with Crippen LogP contribution >= 0.6 is 0 Å². The molecule has 2 fully saturated rings. The summed E-state index contributed by atoms with van der Waals surface area (Å²) in [7, 11) is 2.70. The van der Waals surface area contributed by atoms with Crippen molar-refractivity contribution < 1.29 is 38.2 Å². The lowest BCUT2D eigenvalue weighted by molar-refractivity contribution is -0.126. The number of anilines is 2. The summed E-state index contributed by atoms with van der Waals surface area (Å²) >= 11 is 0. The van der Waals surface area contributed by atoms with Gasteiger partial charge in [0.05, 0.1) is 31.6 Å². The van der Waals surface area contributed by atoms with Crippen LogP contribution in [0.1, 0.15) is 22.0 Å². The summed E-state index contributed by atoms with van der Waals surface area (Å²) < 4.78 is 24.1. The maximum absolute atomic E-state index is 13.7. The summed E-state index contributed by atoms with van der Waals surface area (Å²) in [6, 6.07) is 15.8. The minimum absolute atomic E-state index is 0.0221. The fourth-order valence-corrected chi connectivity index (χ4v) is 4.78. The number of carbonyl (C=O) groups excluding carboxylic acids is 2. The molecule has 2 saturated heterocycles. The highest BCUT2D eigenvalue weighted by Gasteiger charge is 2.61. The van der Waals surface area contributed by atoms with Gasteiger partial charge in [-0.1, -0.05) is 24.3 Å². The van der Waals surface area contributed by atoms with E-state index in [1.807, 2.05) is 0 Å². The Bertz CT molecular complexity index is 1350. The van der Waals surface area contributed by atoms with Gasteiger partial charge in [0, 0.05) is 0 Å². The van der Waals surface area contributed by atoms with Crippen molar-refractivity contribution in [3.05, 3.63) is 83.7 Å². The smallest absolute Gasteiger partial charge is 0.339 e. The molecule has 36 heavy (non-hydrogen) atoms. The van der Waals surface area contributed by atoms with E-state index in [1.54, 1.807) is 30.3 Å². The minimum atomic E-state index is -1.30. The number of nitrogens with zero attached hydrogens (tertiary/aromatic N) is 2. The molecule has 2 aliphatic rings. The number of benzene rings is 3. The number of imide groups is 1. The lowest BCUT2D eigenvalue weighted by Crippen LogP contribution is -2.37. The summed E-state index contributed by atoms with van der Waals surface area (Å²) in [5.74, 6) is -3.95. The van der Waals surface area contributed by atoms with Gasteiger partial charge in [-0.25, -0.2) is 19.1 Å². The third-order valence-corrected chi connectivity index (χ3v) is 6.32. The van der Waals surface area contributed by atoms with Gasteiger partial charge in [0.15, 0.2) is 17.6 Å². The van der Waals surface area contributed by atoms with Crippen molar-refractivity contribution in [2.75, 3.05) is 24.2 Å². The molecule has 0 bridgehead atoms. The van der Waals surface area contributed by atoms with E-state index in [-0.39, 0.29) is 28.3 Å². The number of hydroxylamine groups is 1. The van der Waals surface area contributed by atoms with Gasteiger partial charge in [-0.05, 0) is 48.0 Å². The maximum Gasteiger partial charge on any atom is 0.339 e. The molecule has 1 N–H and O–H groups in total. The Kier molecular flexibility index (Phi) is 5.81. The van der Waals surface area contributed by atoms with Crippen LogP contribution in [0.25, 0.3) is 0 Å². The average Bonchev–Trinajstić information content (AvgIpc) is 3.39. The van der Waals surface area contributed by atoms with Crippen LogP contribution in [0.4, 0.5) is 15.8 Å². The van der Waals surface area contributed by atoms with Gasteiger partial charge < -0.3 is 14.6 Å². The number of hydrogen-bond acceptors (Lipinski definition) is 7. The number of amides is 2. The molecule has 9 nitrogen and oxygen atoms in total. The van der Waals surface area contributed by atoms with Gasteiger partial charge in [0.2, 0.25) is 5.91 Å². The third kappa shape index (κ3) is 3.54. The molecule has 0 unspecified atom stereocenters. The van der Waals surface area contributed by atoms with Gasteiger partial charge >= 0.3 is 5.97 Å². The molecule has 0 spiro atoms. The number of aromatic carboxylic acids is 1. The highest BCUT2D eigenvalue weighted by Crippen LogP contribution is 2.50. The van der Waals surface area contributed by atoms with E-state index in [0.29, 0.717) is 5.69 Å². The standard InChI is InChI=1S/C26H21FN2O7/c1-34-18-13-12-17(19(26(32)33)22(18)35-2)21-20-23(36-29(21)16-6-4-3-5-7-16)25(31)28(24(20)30)15-10-8-14(27)9-11-15/h3-13,20-21,23H,1-2H3,(H,32,33)/t20-,21+,23+/m0/s1. The molecular weight excluding hydrogens is 471 g/mol. The van der Waals surface area contributed by atoms with E-state index in [0.717, 1.165) is 17.0 Å². The molecule has 10 heteroatoms.